The molecule has 8 rings (SSSR count). The molecular weight excluding hydrogens is 933 g/mol. The summed E-state index contributed by atoms with van der Waals surface area (Å²) in [5, 5.41) is 8.82. The molecule has 18 heteroatoms. The number of rotatable bonds is 16. The second-order valence-corrected chi connectivity index (χ2v) is 17.9. The van der Waals surface area contributed by atoms with Crippen molar-refractivity contribution in [2.24, 2.45) is 0 Å². The second-order valence-electron chi connectivity index (χ2n) is 17.9. The molecule has 0 N–H and O–H groups in total. The second kappa shape index (κ2) is 22.4. The van der Waals surface area contributed by atoms with E-state index >= 15 is 0 Å². The first-order chi connectivity index (χ1) is 34.3. The summed E-state index contributed by atoms with van der Waals surface area (Å²) in [7, 11) is 3.25. The first-order valence-electron chi connectivity index (χ1n) is 22.6. The van der Waals surface area contributed by atoms with Gasteiger partial charge in [-0.05, 0) is 75.2 Å². The number of methoxy groups -OCH3 is 2. The van der Waals surface area contributed by atoms with Crippen LogP contribution in [0.3, 0.4) is 0 Å². The van der Waals surface area contributed by atoms with E-state index in [-0.39, 0.29) is 34.1 Å². The van der Waals surface area contributed by atoms with E-state index in [4.69, 9.17) is 18.9 Å². The molecule has 0 bridgehead atoms. The van der Waals surface area contributed by atoms with Gasteiger partial charge in [0.2, 0.25) is 10.9 Å². The van der Waals surface area contributed by atoms with Crippen LogP contribution in [0, 0.1) is 23.3 Å². The fourth-order valence-electron chi connectivity index (χ4n) is 6.91. The summed E-state index contributed by atoms with van der Waals surface area (Å²) in [5.74, 6) is -2.59. The zero-order valence-electron chi connectivity index (χ0n) is 40.8. The van der Waals surface area contributed by atoms with Gasteiger partial charge in [-0.25, -0.2) is 46.9 Å². The van der Waals surface area contributed by atoms with Crippen LogP contribution in [0.25, 0.3) is 34.2 Å². The molecule has 2 atom stereocenters. The summed E-state index contributed by atoms with van der Waals surface area (Å²) < 4.78 is 78.9. The van der Waals surface area contributed by atoms with Crippen molar-refractivity contribution in [1.82, 2.24) is 39.5 Å². The van der Waals surface area contributed by atoms with Crippen molar-refractivity contribution < 1.29 is 36.5 Å². The van der Waals surface area contributed by atoms with Gasteiger partial charge in [-0.1, -0.05) is 50.2 Å². The van der Waals surface area contributed by atoms with Gasteiger partial charge in [0.05, 0.1) is 47.4 Å². The summed E-state index contributed by atoms with van der Waals surface area (Å²) in [4.78, 5) is 42.9. The lowest BCUT2D eigenvalue weighted by molar-refractivity contribution is -0.0149. The van der Waals surface area contributed by atoms with Crippen molar-refractivity contribution in [2.45, 2.75) is 64.6 Å². The van der Waals surface area contributed by atoms with Crippen LogP contribution in [0.2, 0.25) is 0 Å². The van der Waals surface area contributed by atoms with E-state index in [9.17, 15) is 27.2 Å². The minimum absolute atomic E-state index is 0.261. The largest absolute Gasteiger partial charge is 0.487 e. The summed E-state index contributed by atoms with van der Waals surface area (Å²) in [6.07, 6.45) is 9.25. The number of nitrogens with zero attached hydrogens (tertiary/aromatic N) is 8. The zero-order valence-corrected chi connectivity index (χ0v) is 40.8. The fraction of sp³-hybridized carbons (Fsp3) is 0.259. The maximum absolute atomic E-state index is 13.7. The number of hydrogen-bond donors (Lipinski definition) is 0. The Morgan fingerprint density at radius 3 is 1.24 bits per heavy atom. The molecule has 0 aliphatic heterocycles. The molecule has 2 unspecified atom stereocenters. The van der Waals surface area contributed by atoms with E-state index in [2.05, 4.69) is 30.1 Å². The first-order valence-corrected chi connectivity index (χ1v) is 22.6. The number of aromatic nitrogens is 8. The molecule has 0 radical (unpaired) electrons. The number of halogens is 4. The Bertz CT molecular complexity index is 3060. The van der Waals surface area contributed by atoms with E-state index in [0.29, 0.717) is 47.7 Å². The topological polar surface area (TPSA) is 158 Å². The van der Waals surface area contributed by atoms with Crippen LogP contribution >= 0.6 is 0 Å². The lowest BCUT2D eigenvalue weighted by Crippen LogP contribution is -2.30. The Kier molecular flexibility index (Phi) is 16.2. The van der Waals surface area contributed by atoms with Crippen molar-refractivity contribution in [2.75, 3.05) is 27.4 Å². The van der Waals surface area contributed by atoms with Gasteiger partial charge >= 0.3 is 0 Å². The van der Waals surface area contributed by atoms with Crippen LogP contribution in [-0.4, -0.2) is 78.1 Å². The molecule has 0 aliphatic rings. The maximum Gasteiger partial charge on any atom is 0.203 e. The Balaban J connectivity index is 0.000000211. The smallest absolute Gasteiger partial charge is 0.203 e. The van der Waals surface area contributed by atoms with Crippen LogP contribution < -0.4 is 20.3 Å². The average molecular weight is 985 g/mol. The standard InChI is InChI=1S/2C27H26F2N4O3/c2*1-17(25-24(34)10-11-33(32-25)20-8-9-22(28)23(29)13-20)18-6-5-7-19(12-18)26-30-14-21(15-31-26)36-16-27(2,3)35-4/h2*5-15,17H,16H2,1-4H3. The molecule has 72 heavy (non-hydrogen) atoms. The van der Waals surface area contributed by atoms with Gasteiger partial charge in [0, 0.05) is 73.8 Å². The third kappa shape index (κ3) is 12.9. The Hall–Kier alpha value is -7.96. The summed E-state index contributed by atoms with van der Waals surface area (Å²) in [6.45, 7) is 12.1. The molecular formula is C54H52F4N8O6. The molecule has 0 amide bonds. The summed E-state index contributed by atoms with van der Waals surface area (Å²) in [5.41, 5.74) is 2.94. The van der Waals surface area contributed by atoms with Crippen molar-refractivity contribution in [3.63, 3.8) is 0 Å². The summed E-state index contributed by atoms with van der Waals surface area (Å²) in [6, 6.07) is 24.6. The first kappa shape index (κ1) is 51.9. The number of hydrogen-bond acceptors (Lipinski definition) is 12. The normalized spacial score (nSPS) is 12.4. The third-order valence-corrected chi connectivity index (χ3v) is 11.6. The number of benzene rings is 4. The molecule has 4 aromatic carbocycles. The van der Waals surface area contributed by atoms with Gasteiger partial charge in [0.1, 0.15) is 24.6 Å². The van der Waals surface area contributed by atoms with Crippen LogP contribution in [0.15, 0.2) is 144 Å². The average Bonchev–Trinajstić information content (AvgIpc) is 3.39. The van der Waals surface area contributed by atoms with Gasteiger partial charge in [-0.3, -0.25) is 9.59 Å². The van der Waals surface area contributed by atoms with Gasteiger partial charge in [-0.2, -0.15) is 10.2 Å². The number of ether oxygens (including phenoxy) is 4. The van der Waals surface area contributed by atoms with Crippen molar-refractivity contribution in [3.05, 3.63) is 200 Å². The van der Waals surface area contributed by atoms with E-state index in [1.54, 1.807) is 39.0 Å². The van der Waals surface area contributed by atoms with Gasteiger partial charge < -0.3 is 18.9 Å². The van der Waals surface area contributed by atoms with E-state index < -0.39 is 34.5 Å². The molecule has 8 aromatic rings. The highest BCUT2D eigenvalue weighted by Gasteiger charge is 2.21. The van der Waals surface area contributed by atoms with Gasteiger partial charge in [0.15, 0.2) is 46.4 Å². The van der Waals surface area contributed by atoms with Crippen LogP contribution in [0.4, 0.5) is 17.6 Å². The van der Waals surface area contributed by atoms with E-state index in [0.717, 1.165) is 46.5 Å². The molecule has 14 nitrogen and oxygen atoms in total. The molecule has 0 saturated heterocycles. The molecule has 0 spiro atoms. The highest BCUT2D eigenvalue weighted by Crippen LogP contribution is 2.28. The predicted molar refractivity (Wildman–Crippen MR) is 263 cm³/mol. The minimum Gasteiger partial charge on any atom is -0.487 e. The quantitative estimate of drug-likeness (QED) is 0.0846. The highest BCUT2D eigenvalue weighted by molar-refractivity contribution is 5.58. The molecule has 4 aromatic heterocycles. The zero-order chi connectivity index (χ0) is 51.7. The maximum atomic E-state index is 13.7. The van der Waals surface area contributed by atoms with Crippen LogP contribution in [0.5, 0.6) is 11.5 Å². The summed E-state index contributed by atoms with van der Waals surface area (Å²) >= 11 is 0. The van der Waals surface area contributed by atoms with Crippen molar-refractivity contribution in [1.29, 1.82) is 0 Å². The Morgan fingerprint density at radius 1 is 0.514 bits per heavy atom. The monoisotopic (exact) mass is 984 g/mol. The van der Waals surface area contributed by atoms with E-state index in [1.807, 2.05) is 90.1 Å². The fourth-order valence-corrected chi connectivity index (χ4v) is 6.91. The lowest BCUT2D eigenvalue weighted by atomic mass is 9.95. The third-order valence-electron chi connectivity index (χ3n) is 11.6. The van der Waals surface area contributed by atoms with Crippen molar-refractivity contribution in [3.8, 4) is 45.6 Å². The molecule has 4 heterocycles. The van der Waals surface area contributed by atoms with Crippen LogP contribution in [-0.2, 0) is 9.47 Å². The van der Waals surface area contributed by atoms with Gasteiger partial charge in [0.25, 0.3) is 0 Å². The Morgan fingerprint density at radius 2 is 0.889 bits per heavy atom. The lowest BCUT2D eigenvalue weighted by Gasteiger charge is -2.22. The SMILES string of the molecule is COC(C)(C)COc1cnc(-c2cccc(C(C)c3nn(-c4ccc(F)c(F)c4)ccc3=O)c2)nc1.COC(C)(C)COc1cnc(-c2cccc(C(C)c3nn(-c4ccc(F)c(F)c4)ccc3=O)c2)nc1. The molecule has 372 valence electrons. The van der Waals surface area contributed by atoms with E-state index in [1.165, 1.54) is 46.0 Å². The molecule has 0 aliphatic carbocycles. The molecule has 0 saturated carbocycles. The minimum atomic E-state index is -0.992. The van der Waals surface area contributed by atoms with Gasteiger partial charge in [-0.15, -0.1) is 0 Å². The Labute approximate surface area is 412 Å². The predicted octanol–water partition coefficient (Wildman–Crippen LogP) is 9.85. The highest BCUT2D eigenvalue weighted by atomic mass is 19.2. The van der Waals surface area contributed by atoms with Crippen molar-refractivity contribution >= 4 is 0 Å². The van der Waals surface area contributed by atoms with Crippen LogP contribution in [0.1, 0.15) is 75.9 Å². The molecule has 0 fully saturated rings.